The van der Waals surface area contributed by atoms with E-state index in [0.717, 1.165) is 30.9 Å². The SMILES string of the molecule is CCC(O)C#Cc1cc2ncn(-c3ccc(N4CC[C@@H](N(C)CCS(C)(=O)=O)C4)cc3)c(=O)c2s1. The third-order valence-electron chi connectivity index (χ3n) is 6.28. The second kappa shape index (κ2) is 10.5. The summed E-state index contributed by atoms with van der Waals surface area (Å²) in [4.78, 5) is 22.6. The first kappa shape index (κ1) is 25.4. The van der Waals surface area contributed by atoms with Crippen LogP contribution in [-0.2, 0) is 9.84 Å². The Balaban J connectivity index is 1.48. The van der Waals surface area contributed by atoms with Gasteiger partial charge in [-0.25, -0.2) is 13.4 Å². The highest BCUT2D eigenvalue weighted by Gasteiger charge is 2.26. The summed E-state index contributed by atoms with van der Waals surface area (Å²) >= 11 is 1.29. The zero-order chi connectivity index (χ0) is 25.2. The van der Waals surface area contributed by atoms with Crippen molar-refractivity contribution in [3.05, 3.63) is 51.9 Å². The lowest BCUT2D eigenvalue weighted by atomic mass is 10.2. The van der Waals surface area contributed by atoms with Crippen LogP contribution in [0.4, 0.5) is 5.69 Å². The van der Waals surface area contributed by atoms with Crippen molar-refractivity contribution in [1.82, 2.24) is 14.5 Å². The number of sulfone groups is 1. The van der Waals surface area contributed by atoms with E-state index in [1.165, 1.54) is 28.5 Å². The Morgan fingerprint density at radius 1 is 1.29 bits per heavy atom. The van der Waals surface area contributed by atoms with Gasteiger partial charge in [-0.2, -0.15) is 0 Å². The number of rotatable bonds is 7. The summed E-state index contributed by atoms with van der Waals surface area (Å²) in [6.45, 7) is 4.12. The maximum atomic E-state index is 13.1. The number of aliphatic hydroxyl groups is 1. The van der Waals surface area contributed by atoms with Gasteiger partial charge in [0.1, 0.15) is 27.0 Å². The summed E-state index contributed by atoms with van der Waals surface area (Å²) < 4.78 is 25.0. The van der Waals surface area contributed by atoms with Crippen molar-refractivity contribution in [1.29, 1.82) is 0 Å². The van der Waals surface area contributed by atoms with Crippen LogP contribution >= 0.6 is 11.3 Å². The Bertz CT molecular complexity index is 1420. The highest BCUT2D eigenvalue weighted by atomic mass is 32.2. The molecule has 1 aliphatic heterocycles. The maximum Gasteiger partial charge on any atom is 0.275 e. The Kier molecular flexibility index (Phi) is 7.62. The normalized spacial score (nSPS) is 17.1. The standard InChI is InChI=1S/C25H30N4O4S2/c1-4-21(30)9-10-22-15-23-24(34-22)25(31)29(17-26-23)19-7-5-18(6-8-19)28-12-11-20(16-28)27(2)13-14-35(3,32)33/h5-8,15,17,20-21,30H,4,11-14,16H2,1-3H3/t20-,21?/m1/s1. The number of anilines is 1. The molecule has 10 heteroatoms. The van der Waals surface area contributed by atoms with E-state index in [9.17, 15) is 18.3 Å². The van der Waals surface area contributed by atoms with E-state index in [1.807, 2.05) is 38.2 Å². The lowest BCUT2D eigenvalue weighted by Crippen LogP contribution is -2.37. The molecule has 1 N–H and O–H groups in total. The van der Waals surface area contributed by atoms with Crippen LogP contribution in [-0.4, -0.2) is 78.8 Å². The maximum absolute atomic E-state index is 13.1. The van der Waals surface area contributed by atoms with Gasteiger partial charge in [0.25, 0.3) is 5.56 Å². The second-order valence-electron chi connectivity index (χ2n) is 8.95. The van der Waals surface area contributed by atoms with Crippen LogP contribution in [0.15, 0.2) is 41.5 Å². The molecule has 1 unspecified atom stereocenters. The van der Waals surface area contributed by atoms with Gasteiger partial charge >= 0.3 is 0 Å². The van der Waals surface area contributed by atoms with Gasteiger partial charge in [-0.1, -0.05) is 18.8 Å². The minimum Gasteiger partial charge on any atom is -0.380 e. The number of aliphatic hydroxyl groups excluding tert-OH is 1. The molecule has 8 nitrogen and oxygen atoms in total. The number of benzene rings is 1. The number of hydrogen-bond donors (Lipinski definition) is 1. The fourth-order valence-corrected chi connectivity index (χ4v) is 5.59. The quantitative estimate of drug-likeness (QED) is 0.483. The fraction of sp³-hybridized carbons (Fsp3) is 0.440. The van der Waals surface area contributed by atoms with Gasteiger partial charge in [0.15, 0.2) is 0 Å². The van der Waals surface area contributed by atoms with Crippen molar-refractivity contribution in [2.75, 3.05) is 43.6 Å². The zero-order valence-electron chi connectivity index (χ0n) is 20.1. The highest BCUT2D eigenvalue weighted by molar-refractivity contribution is 7.90. The van der Waals surface area contributed by atoms with E-state index in [0.29, 0.717) is 34.1 Å². The van der Waals surface area contributed by atoms with Crippen molar-refractivity contribution in [3.63, 3.8) is 0 Å². The molecule has 1 saturated heterocycles. The van der Waals surface area contributed by atoms with E-state index in [1.54, 1.807) is 6.07 Å². The number of aromatic nitrogens is 2. The molecule has 0 radical (unpaired) electrons. The molecule has 4 rings (SSSR count). The van der Waals surface area contributed by atoms with E-state index in [2.05, 4.69) is 26.6 Å². The minimum atomic E-state index is -2.97. The van der Waals surface area contributed by atoms with Gasteiger partial charge in [0.2, 0.25) is 0 Å². The van der Waals surface area contributed by atoms with E-state index in [4.69, 9.17) is 0 Å². The zero-order valence-corrected chi connectivity index (χ0v) is 21.8. The summed E-state index contributed by atoms with van der Waals surface area (Å²) in [5, 5.41) is 9.66. The highest BCUT2D eigenvalue weighted by Crippen LogP contribution is 2.25. The number of nitrogens with zero attached hydrogens (tertiary/aromatic N) is 4. The third kappa shape index (κ3) is 6.11. The molecule has 0 amide bonds. The predicted octanol–water partition coefficient (Wildman–Crippen LogP) is 2.12. The molecular formula is C25H30N4O4S2. The largest absolute Gasteiger partial charge is 0.380 e. The molecule has 2 atom stereocenters. The lowest BCUT2D eigenvalue weighted by Gasteiger charge is -2.25. The Labute approximate surface area is 209 Å². The van der Waals surface area contributed by atoms with Crippen molar-refractivity contribution in [3.8, 4) is 17.5 Å². The Morgan fingerprint density at radius 2 is 2.00 bits per heavy atom. The minimum absolute atomic E-state index is 0.148. The van der Waals surface area contributed by atoms with Crippen molar-refractivity contribution >= 4 is 37.1 Å². The first-order chi connectivity index (χ1) is 16.6. The molecule has 1 aromatic carbocycles. The van der Waals surface area contributed by atoms with Gasteiger partial charge in [0.05, 0.1) is 21.8 Å². The molecule has 3 heterocycles. The smallest absolute Gasteiger partial charge is 0.275 e. The average molecular weight is 515 g/mol. The molecule has 0 bridgehead atoms. The molecular weight excluding hydrogens is 484 g/mol. The van der Waals surface area contributed by atoms with Crippen LogP contribution in [0.3, 0.4) is 0 Å². The summed E-state index contributed by atoms with van der Waals surface area (Å²) in [5.74, 6) is 5.87. The van der Waals surface area contributed by atoms with Gasteiger partial charge in [-0.3, -0.25) is 9.36 Å². The van der Waals surface area contributed by atoms with Crippen LogP contribution in [0.2, 0.25) is 0 Å². The fourth-order valence-electron chi connectivity index (χ4n) is 4.07. The van der Waals surface area contributed by atoms with Crippen molar-refractivity contribution in [2.24, 2.45) is 0 Å². The van der Waals surface area contributed by atoms with E-state index >= 15 is 0 Å². The number of likely N-dealkylation sites (N-methyl/N-ethyl adjacent to an activating group) is 1. The number of thiophene rings is 1. The first-order valence-corrected chi connectivity index (χ1v) is 14.5. The summed E-state index contributed by atoms with van der Waals surface area (Å²) in [6.07, 6.45) is 3.65. The lowest BCUT2D eigenvalue weighted by molar-refractivity contribution is 0.228. The summed E-state index contributed by atoms with van der Waals surface area (Å²) in [7, 11) is -0.996. The molecule has 1 fully saturated rings. The number of fused-ring (bicyclic) bond motifs is 1. The van der Waals surface area contributed by atoms with Crippen LogP contribution in [0.25, 0.3) is 15.9 Å². The van der Waals surface area contributed by atoms with E-state index in [-0.39, 0.29) is 11.3 Å². The van der Waals surface area contributed by atoms with Gasteiger partial charge in [0, 0.05) is 37.6 Å². The molecule has 2 aromatic heterocycles. The molecule has 0 spiro atoms. The molecule has 35 heavy (non-hydrogen) atoms. The predicted molar refractivity (Wildman–Crippen MR) is 141 cm³/mol. The van der Waals surface area contributed by atoms with Gasteiger partial charge < -0.3 is 14.9 Å². The number of hydrogen-bond acceptors (Lipinski definition) is 8. The topological polar surface area (TPSA) is 95.7 Å². The van der Waals surface area contributed by atoms with Gasteiger partial charge in [-0.05, 0) is 50.2 Å². The van der Waals surface area contributed by atoms with Crippen LogP contribution < -0.4 is 10.5 Å². The molecule has 1 aliphatic rings. The Hall–Kier alpha value is -2.71. The van der Waals surface area contributed by atoms with E-state index < -0.39 is 15.9 Å². The summed E-state index contributed by atoms with van der Waals surface area (Å²) in [5.41, 5.74) is 2.26. The molecule has 0 aliphatic carbocycles. The van der Waals surface area contributed by atoms with Crippen molar-refractivity contribution < 1.29 is 13.5 Å². The molecule has 0 saturated carbocycles. The molecule has 186 valence electrons. The third-order valence-corrected chi connectivity index (χ3v) is 8.23. The van der Waals surface area contributed by atoms with Crippen LogP contribution in [0.5, 0.6) is 0 Å². The first-order valence-electron chi connectivity index (χ1n) is 11.6. The Morgan fingerprint density at radius 3 is 2.69 bits per heavy atom. The van der Waals surface area contributed by atoms with Crippen molar-refractivity contribution in [2.45, 2.75) is 31.9 Å². The van der Waals surface area contributed by atoms with Gasteiger partial charge in [-0.15, -0.1) is 11.3 Å². The monoisotopic (exact) mass is 514 g/mol. The van der Waals surface area contributed by atoms with Crippen LogP contribution in [0, 0.1) is 11.8 Å². The summed E-state index contributed by atoms with van der Waals surface area (Å²) in [6, 6.07) is 9.92. The average Bonchev–Trinajstić information content (AvgIpc) is 3.49. The second-order valence-corrected chi connectivity index (χ2v) is 12.3. The molecule has 3 aromatic rings. The van der Waals surface area contributed by atoms with Crippen LogP contribution in [0.1, 0.15) is 24.6 Å².